The number of halogens is 1. The molecule has 2 aromatic carbocycles. The first-order chi connectivity index (χ1) is 11.0. The van der Waals surface area contributed by atoms with Crippen LogP contribution in [-0.2, 0) is 9.84 Å². The fourth-order valence-electron chi connectivity index (χ4n) is 1.75. The largest absolute Gasteiger partial charge is 0.497 e. The van der Waals surface area contributed by atoms with Crippen LogP contribution < -0.4 is 10.1 Å². The highest BCUT2D eigenvalue weighted by Crippen LogP contribution is 2.22. The summed E-state index contributed by atoms with van der Waals surface area (Å²) in [6.45, 7) is 0. The highest BCUT2D eigenvalue weighted by Gasteiger charge is 2.20. The van der Waals surface area contributed by atoms with Gasteiger partial charge in [-0.25, -0.2) is 8.42 Å². The van der Waals surface area contributed by atoms with Crippen molar-refractivity contribution >= 4 is 27.1 Å². The second-order valence-corrected chi connectivity index (χ2v) is 6.81. The monoisotopic (exact) mass is 348 g/mol. The van der Waals surface area contributed by atoms with E-state index in [9.17, 15) is 8.42 Å². The Bertz CT molecular complexity index is 852. The molecule has 0 amide bonds. The van der Waals surface area contributed by atoms with Gasteiger partial charge in [-0.05, 0) is 48.5 Å². The Balaban J connectivity index is 2.29. The van der Waals surface area contributed by atoms with Crippen LogP contribution in [0, 0.1) is 11.3 Å². The van der Waals surface area contributed by atoms with E-state index in [-0.39, 0.29) is 4.90 Å². The number of nitrogens with one attached hydrogen (secondary N) is 1. The highest BCUT2D eigenvalue weighted by molar-refractivity contribution is 7.95. The molecule has 2 aromatic rings. The van der Waals surface area contributed by atoms with E-state index in [4.69, 9.17) is 21.6 Å². The van der Waals surface area contributed by atoms with Gasteiger partial charge in [0.1, 0.15) is 11.8 Å². The van der Waals surface area contributed by atoms with Crippen molar-refractivity contribution in [1.29, 1.82) is 5.26 Å². The fraction of sp³-hybridized carbons (Fsp3) is 0.0625. The lowest BCUT2D eigenvalue weighted by atomic mass is 10.3. The predicted octanol–water partition coefficient (Wildman–Crippen LogP) is 3.60. The van der Waals surface area contributed by atoms with Crippen LogP contribution in [0.1, 0.15) is 0 Å². The number of hydrogen-bond donors (Lipinski definition) is 1. The maximum absolute atomic E-state index is 12.4. The standard InChI is InChI=1S/C16H13ClN2O3S/c1-22-14-6-8-15(9-7-14)23(20,21)16(10-18)11-19-13-4-2-12(17)3-5-13/h2-9,11,19H,1H3. The molecule has 0 unspecified atom stereocenters. The van der Waals surface area contributed by atoms with Crippen molar-refractivity contribution in [3.63, 3.8) is 0 Å². The summed E-state index contributed by atoms with van der Waals surface area (Å²) in [6, 6.07) is 14.2. The normalized spacial score (nSPS) is 11.6. The van der Waals surface area contributed by atoms with Gasteiger partial charge < -0.3 is 10.1 Å². The molecule has 0 bridgehead atoms. The van der Waals surface area contributed by atoms with Crippen LogP contribution in [0.3, 0.4) is 0 Å². The predicted molar refractivity (Wildman–Crippen MR) is 89.0 cm³/mol. The Hall–Kier alpha value is -2.49. The van der Waals surface area contributed by atoms with Gasteiger partial charge in [0.2, 0.25) is 9.84 Å². The van der Waals surface area contributed by atoms with Crippen molar-refractivity contribution in [2.24, 2.45) is 0 Å². The maximum atomic E-state index is 12.4. The van der Waals surface area contributed by atoms with E-state index >= 15 is 0 Å². The van der Waals surface area contributed by atoms with Crippen LogP contribution in [0.25, 0.3) is 0 Å². The van der Waals surface area contributed by atoms with Gasteiger partial charge in [-0.1, -0.05) is 11.6 Å². The third kappa shape index (κ3) is 4.03. The lowest BCUT2D eigenvalue weighted by Gasteiger charge is -2.06. The van der Waals surface area contributed by atoms with Crippen LogP contribution in [0.15, 0.2) is 64.5 Å². The van der Waals surface area contributed by atoms with Gasteiger partial charge >= 0.3 is 0 Å². The highest BCUT2D eigenvalue weighted by atomic mass is 35.5. The number of benzene rings is 2. The van der Waals surface area contributed by atoms with Crippen LogP contribution >= 0.6 is 11.6 Å². The van der Waals surface area contributed by atoms with E-state index in [2.05, 4.69) is 5.32 Å². The van der Waals surface area contributed by atoms with Crippen LogP contribution in [-0.4, -0.2) is 15.5 Å². The molecule has 0 fully saturated rings. The topological polar surface area (TPSA) is 79.2 Å². The Kier molecular flexibility index (Phi) is 5.27. The average Bonchev–Trinajstić information content (AvgIpc) is 2.57. The number of sulfone groups is 1. The summed E-state index contributed by atoms with van der Waals surface area (Å²) in [5.74, 6) is 0.533. The van der Waals surface area contributed by atoms with Gasteiger partial charge in [-0.3, -0.25) is 0 Å². The minimum atomic E-state index is -3.90. The van der Waals surface area contributed by atoms with E-state index < -0.39 is 14.7 Å². The lowest BCUT2D eigenvalue weighted by Crippen LogP contribution is -2.05. The Morgan fingerprint density at radius 2 is 1.78 bits per heavy atom. The molecule has 0 saturated carbocycles. The second-order valence-electron chi connectivity index (χ2n) is 4.45. The van der Waals surface area contributed by atoms with Gasteiger partial charge in [0.15, 0.2) is 4.91 Å². The summed E-state index contributed by atoms with van der Waals surface area (Å²) in [5, 5.41) is 12.5. The molecule has 0 aliphatic heterocycles. The minimum absolute atomic E-state index is 0.0176. The molecule has 0 saturated heterocycles. The molecule has 23 heavy (non-hydrogen) atoms. The molecule has 0 spiro atoms. The maximum Gasteiger partial charge on any atom is 0.218 e. The van der Waals surface area contributed by atoms with Crippen molar-refractivity contribution in [2.45, 2.75) is 4.90 Å². The molecule has 0 radical (unpaired) electrons. The van der Waals surface area contributed by atoms with E-state index in [0.29, 0.717) is 16.5 Å². The van der Waals surface area contributed by atoms with Crippen LogP contribution in [0.2, 0.25) is 5.02 Å². The molecule has 0 aromatic heterocycles. The Morgan fingerprint density at radius 1 is 1.17 bits per heavy atom. The first-order valence-corrected chi connectivity index (χ1v) is 8.35. The number of rotatable bonds is 5. The molecule has 0 aliphatic carbocycles. The Labute approximate surface area is 139 Å². The number of anilines is 1. The Morgan fingerprint density at radius 3 is 2.30 bits per heavy atom. The molecule has 0 atom stereocenters. The van der Waals surface area contributed by atoms with Crippen molar-refractivity contribution in [2.75, 3.05) is 12.4 Å². The molecular weight excluding hydrogens is 336 g/mol. The van der Waals surface area contributed by atoms with E-state index in [1.807, 2.05) is 0 Å². The van der Waals surface area contributed by atoms with Gasteiger partial charge in [-0.15, -0.1) is 0 Å². The molecule has 2 rings (SSSR count). The van der Waals surface area contributed by atoms with Gasteiger partial charge in [-0.2, -0.15) is 5.26 Å². The molecule has 0 heterocycles. The lowest BCUT2D eigenvalue weighted by molar-refractivity contribution is 0.414. The summed E-state index contributed by atoms with van der Waals surface area (Å²) in [5.41, 5.74) is 0.618. The molecule has 5 nitrogen and oxygen atoms in total. The summed E-state index contributed by atoms with van der Waals surface area (Å²) in [6.07, 6.45) is 1.16. The third-order valence-electron chi connectivity index (χ3n) is 2.98. The van der Waals surface area contributed by atoms with E-state index in [1.165, 1.54) is 31.4 Å². The fourth-order valence-corrected chi connectivity index (χ4v) is 2.96. The SMILES string of the molecule is COc1ccc(S(=O)(=O)C(C#N)=CNc2ccc(Cl)cc2)cc1. The number of nitriles is 1. The van der Waals surface area contributed by atoms with Crippen LogP contribution in [0.5, 0.6) is 5.75 Å². The quantitative estimate of drug-likeness (QED) is 0.835. The zero-order chi connectivity index (χ0) is 16.9. The molecule has 1 N–H and O–H groups in total. The first-order valence-electron chi connectivity index (χ1n) is 6.49. The molecular formula is C16H13ClN2O3S. The van der Waals surface area contributed by atoms with Crippen molar-refractivity contribution in [3.05, 3.63) is 64.7 Å². The van der Waals surface area contributed by atoms with Crippen molar-refractivity contribution in [1.82, 2.24) is 0 Å². The van der Waals surface area contributed by atoms with Gasteiger partial charge in [0.05, 0.1) is 12.0 Å². The van der Waals surface area contributed by atoms with Crippen molar-refractivity contribution in [3.8, 4) is 11.8 Å². The number of hydrogen-bond acceptors (Lipinski definition) is 5. The molecule has 0 aliphatic rings. The second kappa shape index (κ2) is 7.18. The summed E-state index contributed by atoms with van der Waals surface area (Å²) < 4.78 is 29.9. The zero-order valence-electron chi connectivity index (χ0n) is 12.2. The summed E-state index contributed by atoms with van der Waals surface area (Å²) >= 11 is 5.78. The number of nitrogens with zero attached hydrogens (tertiary/aromatic N) is 1. The molecule has 7 heteroatoms. The third-order valence-corrected chi connectivity index (χ3v) is 4.92. The van der Waals surface area contributed by atoms with E-state index in [0.717, 1.165) is 6.20 Å². The first kappa shape index (κ1) is 16.9. The minimum Gasteiger partial charge on any atom is -0.497 e. The van der Waals surface area contributed by atoms with Crippen LogP contribution in [0.4, 0.5) is 5.69 Å². The molecule has 118 valence electrons. The van der Waals surface area contributed by atoms with Gasteiger partial charge in [0.25, 0.3) is 0 Å². The number of ether oxygens (including phenoxy) is 1. The average molecular weight is 349 g/mol. The number of allylic oxidation sites excluding steroid dienone is 1. The summed E-state index contributed by atoms with van der Waals surface area (Å²) in [4.78, 5) is -0.373. The van der Waals surface area contributed by atoms with E-state index in [1.54, 1.807) is 30.3 Å². The van der Waals surface area contributed by atoms with Crippen molar-refractivity contribution < 1.29 is 13.2 Å². The zero-order valence-corrected chi connectivity index (χ0v) is 13.7. The summed E-state index contributed by atoms with van der Waals surface area (Å²) in [7, 11) is -2.41. The smallest absolute Gasteiger partial charge is 0.218 e. The number of methoxy groups -OCH3 is 1. The van der Waals surface area contributed by atoms with Gasteiger partial charge in [0, 0.05) is 16.9 Å².